The predicted molar refractivity (Wildman–Crippen MR) is 75.7 cm³/mol. The van der Waals surface area contributed by atoms with Gasteiger partial charge in [-0.1, -0.05) is 18.2 Å². The Bertz CT molecular complexity index is 540. The smallest absolute Gasteiger partial charge is 0.270 e. The molecule has 0 aliphatic rings. The molecule has 100 valence electrons. The molecule has 5 heteroatoms. The third kappa shape index (κ3) is 3.54. The second-order valence-corrected chi connectivity index (χ2v) is 4.98. The number of ether oxygens (including phenoxy) is 1. The van der Waals surface area contributed by atoms with Gasteiger partial charge in [0.25, 0.3) is 5.91 Å². The number of hydrogen-bond acceptors (Lipinski definition) is 4. The molecule has 0 bridgehead atoms. The Hall–Kier alpha value is -1.88. The standard InChI is InChI=1S/C14H16N2O2S/c1-10(16-14(17)12-8-19-9-15-12)7-11-5-3-4-6-13(11)18-2/h3-6,8-10H,7H2,1-2H3,(H,16,17). The fourth-order valence-electron chi connectivity index (χ4n) is 1.87. The molecule has 4 nitrogen and oxygen atoms in total. The minimum absolute atomic E-state index is 0.0190. The highest BCUT2D eigenvalue weighted by Gasteiger charge is 2.13. The highest BCUT2D eigenvalue weighted by molar-refractivity contribution is 7.07. The van der Waals surface area contributed by atoms with Crippen molar-refractivity contribution in [3.8, 4) is 5.75 Å². The van der Waals surface area contributed by atoms with Crippen LogP contribution in [0.3, 0.4) is 0 Å². The van der Waals surface area contributed by atoms with Crippen molar-refractivity contribution in [1.29, 1.82) is 0 Å². The molecule has 0 radical (unpaired) electrons. The molecule has 1 aromatic heterocycles. The highest BCUT2D eigenvalue weighted by Crippen LogP contribution is 2.18. The molecule has 1 N–H and O–H groups in total. The van der Waals surface area contributed by atoms with Gasteiger partial charge in [0.15, 0.2) is 0 Å². The van der Waals surface area contributed by atoms with Crippen molar-refractivity contribution in [3.05, 3.63) is 46.4 Å². The second-order valence-electron chi connectivity index (χ2n) is 4.26. The van der Waals surface area contributed by atoms with Gasteiger partial charge in [-0.2, -0.15) is 0 Å². The monoisotopic (exact) mass is 276 g/mol. The van der Waals surface area contributed by atoms with Crippen molar-refractivity contribution in [3.63, 3.8) is 0 Å². The van der Waals surface area contributed by atoms with Crippen LogP contribution in [0, 0.1) is 0 Å². The number of thiazole rings is 1. The molecule has 1 atom stereocenters. The van der Waals surface area contributed by atoms with Gasteiger partial charge in [0, 0.05) is 11.4 Å². The normalized spacial score (nSPS) is 11.9. The first-order valence-electron chi connectivity index (χ1n) is 6.01. The lowest BCUT2D eigenvalue weighted by Crippen LogP contribution is -2.34. The zero-order valence-corrected chi connectivity index (χ0v) is 11.7. The van der Waals surface area contributed by atoms with Crippen LogP contribution >= 0.6 is 11.3 Å². The molecule has 0 aliphatic heterocycles. The molecule has 2 rings (SSSR count). The van der Waals surface area contributed by atoms with Crippen molar-refractivity contribution in [2.75, 3.05) is 7.11 Å². The quantitative estimate of drug-likeness (QED) is 0.913. The number of methoxy groups -OCH3 is 1. The van der Waals surface area contributed by atoms with Gasteiger partial charge in [-0.05, 0) is 25.0 Å². The summed E-state index contributed by atoms with van der Waals surface area (Å²) in [6.45, 7) is 1.97. The van der Waals surface area contributed by atoms with E-state index in [4.69, 9.17) is 4.74 Å². The topological polar surface area (TPSA) is 51.2 Å². The number of nitrogens with one attached hydrogen (secondary N) is 1. The van der Waals surface area contributed by atoms with Crippen LogP contribution < -0.4 is 10.1 Å². The molecule has 0 aliphatic carbocycles. The molecular formula is C14H16N2O2S. The van der Waals surface area contributed by atoms with Crippen LogP contribution in [0.1, 0.15) is 23.0 Å². The molecule has 0 fully saturated rings. The number of rotatable bonds is 5. The average molecular weight is 276 g/mol. The zero-order valence-electron chi connectivity index (χ0n) is 10.9. The first-order chi connectivity index (χ1) is 9.20. The summed E-state index contributed by atoms with van der Waals surface area (Å²) in [6, 6.07) is 7.84. The third-order valence-electron chi connectivity index (χ3n) is 2.76. The van der Waals surface area contributed by atoms with Crippen LogP contribution in [0.2, 0.25) is 0 Å². The maximum Gasteiger partial charge on any atom is 0.270 e. The van der Waals surface area contributed by atoms with E-state index in [1.165, 1.54) is 11.3 Å². The van der Waals surface area contributed by atoms with E-state index in [-0.39, 0.29) is 11.9 Å². The van der Waals surface area contributed by atoms with Crippen molar-refractivity contribution >= 4 is 17.2 Å². The van der Waals surface area contributed by atoms with Gasteiger partial charge >= 0.3 is 0 Å². The SMILES string of the molecule is COc1ccccc1CC(C)NC(=O)c1cscn1. The van der Waals surface area contributed by atoms with Crippen LogP contribution in [-0.4, -0.2) is 24.0 Å². The van der Waals surface area contributed by atoms with Gasteiger partial charge in [0.1, 0.15) is 11.4 Å². The predicted octanol–water partition coefficient (Wildman–Crippen LogP) is 2.51. The number of carbonyl (C=O) groups excluding carboxylic acids is 1. The van der Waals surface area contributed by atoms with Gasteiger partial charge in [-0.15, -0.1) is 11.3 Å². The first-order valence-corrected chi connectivity index (χ1v) is 6.96. The molecule has 1 amide bonds. The largest absolute Gasteiger partial charge is 0.496 e. The summed E-state index contributed by atoms with van der Waals surface area (Å²) in [7, 11) is 1.65. The van der Waals surface area contributed by atoms with Crippen molar-refractivity contribution in [2.24, 2.45) is 0 Å². The van der Waals surface area contributed by atoms with E-state index in [2.05, 4.69) is 10.3 Å². The van der Waals surface area contributed by atoms with E-state index >= 15 is 0 Å². The van der Waals surface area contributed by atoms with Crippen LogP contribution in [0.25, 0.3) is 0 Å². The van der Waals surface area contributed by atoms with Crippen LogP contribution in [-0.2, 0) is 6.42 Å². The summed E-state index contributed by atoms with van der Waals surface area (Å²) in [5, 5.41) is 4.67. The van der Waals surface area contributed by atoms with Gasteiger partial charge in [-0.3, -0.25) is 4.79 Å². The summed E-state index contributed by atoms with van der Waals surface area (Å²) in [5.74, 6) is 0.709. The second kappa shape index (κ2) is 6.33. The van der Waals surface area contributed by atoms with E-state index in [0.29, 0.717) is 5.69 Å². The number of aromatic nitrogens is 1. The zero-order chi connectivity index (χ0) is 13.7. The third-order valence-corrected chi connectivity index (χ3v) is 3.35. The van der Waals surface area contributed by atoms with E-state index in [1.54, 1.807) is 18.0 Å². The molecule has 0 saturated heterocycles. The minimum Gasteiger partial charge on any atom is -0.496 e. The van der Waals surface area contributed by atoms with Crippen molar-refractivity contribution < 1.29 is 9.53 Å². The molecule has 0 saturated carbocycles. The van der Waals surface area contributed by atoms with Crippen molar-refractivity contribution in [2.45, 2.75) is 19.4 Å². The molecule has 1 unspecified atom stereocenters. The highest BCUT2D eigenvalue weighted by atomic mass is 32.1. The first kappa shape index (κ1) is 13.5. The number of nitrogens with zero attached hydrogens (tertiary/aromatic N) is 1. The number of para-hydroxylation sites is 1. The Morgan fingerprint density at radius 3 is 2.95 bits per heavy atom. The molecule has 2 aromatic rings. The van der Waals surface area contributed by atoms with Gasteiger partial charge < -0.3 is 10.1 Å². The Morgan fingerprint density at radius 1 is 1.47 bits per heavy atom. The summed E-state index contributed by atoms with van der Waals surface area (Å²) in [5.41, 5.74) is 3.20. The van der Waals surface area contributed by atoms with Crippen LogP contribution in [0.15, 0.2) is 35.2 Å². The Labute approximate surface area is 116 Å². The Kier molecular flexibility index (Phi) is 4.52. The van der Waals surface area contributed by atoms with Crippen molar-refractivity contribution in [1.82, 2.24) is 10.3 Å². The Balaban J connectivity index is 1.97. The molecule has 0 spiro atoms. The van der Waals surface area contributed by atoms with E-state index in [0.717, 1.165) is 17.7 Å². The van der Waals surface area contributed by atoms with E-state index < -0.39 is 0 Å². The lowest BCUT2D eigenvalue weighted by atomic mass is 10.1. The summed E-state index contributed by atoms with van der Waals surface area (Å²) in [4.78, 5) is 15.9. The maximum atomic E-state index is 11.9. The van der Waals surface area contributed by atoms with Crippen LogP contribution in [0.4, 0.5) is 0 Å². The Morgan fingerprint density at radius 2 is 2.26 bits per heavy atom. The van der Waals surface area contributed by atoms with E-state index in [9.17, 15) is 4.79 Å². The minimum atomic E-state index is -0.136. The van der Waals surface area contributed by atoms with Crippen LogP contribution in [0.5, 0.6) is 5.75 Å². The molecule has 1 heterocycles. The molecule has 19 heavy (non-hydrogen) atoms. The maximum absolute atomic E-state index is 11.9. The fraction of sp³-hybridized carbons (Fsp3) is 0.286. The molecule has 1 aromatic carbocycles. The van der Waals surface area contributed by atoms with Gasteiger partial charge in [0.2, 0.25) is 0 Å². The number of benzene rings is 1. The summed E-state index contributed by atoms with van der Waals surface area (Å²) >= 11 is 1.41. The number of amides is 1. The lowest BCUT2D eigenvalue weighted by Gasteiger charge is -2.15. The van der Waals surface area contributed by atoms with E-state index in [1.807, 2.05) is 31.2 Å². The van der Waals surface area contributed by atoms with Gasteiger partial charge in [0.05, 0.1) is 12.6 Å². The summed E-state index contributed by atoms with van der Waals surface area (Å²) < 4.78 is 5.30. The average Bonchev–Trinajstić information content (AvgIpc) is 2.93. The number of hydrogen-bond donors (Lipinski definition) is 1. The van der Waals surface area contributed by atoms with Gasteiger partial charge in [-0.25, -0.2) is 4.98 Å². The summed E-state index contributed by atoms with van der Waals surface area (Å²) in [6.07, 6.45) is 0.722. The number of carbonyl (C=O) groups is 1. The lowest BCUT2D eigenvalue weighted by molar-refractivity contribution is 0.0935. The fourth-order valence-corrected chi connectivity index (χ4v) is 2.41. The molecular weight excluding hydrogens is 260 g/mol.